The Bertz CT molecular complexity index is 537. The second kappa shape index (κ2) is 6.56. The van der Waals surface area contributed by atoms with E-state index in [0.29, 0.717) is 11.3 Å². The number of nitro groups is 1. The second-order valence-electron chi connectivity index (χ2n) is 5.76. The van der Waals surface area contributed by atoms with Gasteiger partial charge < -0.3 is 10.6 Å². The van der Waals surface area contributed by atoms with Crippen LogP contribution in [0.2, 0.25) is 0 Å². The summed E-state index contributed by atoms with van der Waals surface area (Å²) in [6.07, 6.45) is 4.23. The normalized spacial score (nSPS) is 21.6. The Hall–Kier alpha value is -2.11. The van der Waals surface area contributed by atoms with Crippen LogP contribution in [0.15, 0.2) is 18.2 Å². The van der Waals surface area contributed by atoms with Crippen molar-refractivity contribution in [1.82, 2.24) is 5.32 Å². The third-order valence-corrected chi connectivity index (χ3v) is 4.10. The van der Waals surface area contributed by atoms with Crippen molar-refractivity contribution >= 4 is 17.4 Å². The lowest BCUT2D eigenvalue weighted by atomic mass is 9.87. The third kappa shape index (κ3) is 3.93. The zero-order valence-electron chi connectivity index (χ0n) is 12.4. The van der Waals surface area contributed by atoms with Crippen LogP contribution >= 0.6 is 0 Å². The fraction of sp³-hybridized carbons (Fsp3) is 0.533. The van der Waals surface area contributed by atoms with E-state index in [1.165, 1.54) is 6.07 Å². The minimum atomic E-state index is -0.444. The maximum absolute atomic E-state index is 12.0. The molecule has 0 unspecified atom stereocenters. The van der Waals surface area contributed by atoms with Crippen molar-refractivity contribution in [2.24, 2.45) is 5.92 Å². The van der Waals surface area contributed by atoms with Crippen LogP contribution in [0.25, 0.3) is 0 Å². The third-order valence-electron chi connectivity index (χ3n) is 4.10. The molecule has 0 aliphatic heterocycles. The van der Waals surface area contributed by atoms with E-state index in [9.17, 15) is 14.9 Å². The van der Waals surface area contributed by atoms with Crippen LogP contribution in [-0.4, -0.2) is 17.0 Å². The van der Waals surface area contributed by atoms with Gasteiger partial charge >= 0.3 is 6.03 Å². The zero-order valence-corrected chi connectivity index (χ0v) is 12.4. The zero-order chi connectivity index (χ0) is 15.4. The number of anilines is 1. The van der Waals surface area contributed by atoms with Gasteiger partial charge in [0.2, 0.25) is 0 Å². The van der Waals surface area contributed by atoms with E-state index in [1.807, 2.05) is 0 Å². The first-order chi connectivity index (χ1) is 9.97. The molecule has 0 saturated heterocycles. The number of benzene rings is 1. The molecule has 2 N–H and O–H groups in total. The molecule has 1 aliphatic carbocycles. The Kier molecular flexibility index (Phi) is 4.77. The fourth-order valence-electron chi connectivity index (χ4n) is 2.70. The van der Waals surface area contributed by atoms with Gasteiger partial charge in [0.15, 0.2) is 0 Å². The first-order valence-corrected chi connectivity index (χ1v) is 7.29. The molecule has 2 amide bonds. The van der Waals surface area contributed by atoms with Gasteiger partial charge in [-0.1, -0.05) is 13.0 Å². The largest absolute Gasteiger partial charge is 0.335 e. The molecule has 21 heavy (non-hydrogen) atoms. The molecule has 1 fully saturated rings. The highest BCUT2D eigenvalue weighted by Gasteiger charge is 2.20. The lowest BCUT2D eigenvalue weighted by Crippen LogP contribution is -2.40. The summed E-state index contributed by atoms with van der Waals surface area (Å²) in [6, 6.07) is 4.58. The summed E-state index contributed by atoms with van der Waals surface area (Å²) in [5.74, 6) is 0.727. The maximum atomic E-state index is 12.0. The van der Waals surface area contributed by atoms with Gasteiger partial charge in [0.05, 0.1) is 16.2 Å². The molecule has 6 nitrogen and oxygen atoms in total. The van der Waals surface area contributed by atoms with Crippen LogP contribution in [0.3, 0.4) is 0 Å². The summed E-state index contributed by atoms with van der Waals surface area (Å²) in [6.45, 7) is 3.86. The number of nitrogens with zero attached hydrogens (tertiary/aromatic N) is 1. The summed E-state index contributed by atoms with van der Waals surface area (Å²) in [5.41, 5.74) is 0.958. The van der Waals surface area contributed by atoms with E-state index in [2.05, 4.69) is 17.6 Å². The number of carbonyl (C=O) groups is 1. The molecule has 114 valence electrons. The second-order valence-corrected chi connectivity index (χ2v) is 5.76. The quantitative estimate of drug-likeness (QED) is 0.659. The standard InChI is InChI=1S/C15H21N3O3/c1-10-6-8-12(9-7-10)16-15(19)17-13-4-3-5-14(11(13)2)18(20)21/h3-5,10,12H,6-9H2,1-2H3,(H2,16,17,19). The monoisotopic (exact) mass is 291 g/mol. The maximum Gasteiger partial charge on any atom is 0.319 e. The first-order valence-electron chi connectivity index (χ1n) is 7.29. The Morgan fingerprint density at radius 1 is 1.29 bits per heavy atom. The SMILES string of the molecule is Cc1c(NC(=O)NC2CCC(C)CC2)cccc1[N+](=O)[O-]. The summed E-state index contributed by atoms with van der Waals surface area (Å²) >= 11 is 0. The lowest BCUT2D eigenvalue weighted by molar-refractivity contribution is -0.385. The Morgan fingerprint density at radius 2 is 1.95 bits per heavy atom. The van der Waals surface area contributed by atoms with Crippen LogP contribution in [0.5, 0.6) is 0 Å². The lowest BCUT2D eigenvalue weighted by Gasteiger charge is -2.27. The number of hydrogen-bond donors (Lipinski definition) is 2. The average Bonchev–Trinajstić information content (AvgIpc) is 2.43. The molecule has 1 saturated carbocycles. The molecular formula is C15H21N3O3. The van der Waals surface area contributed by atoms with Gasteiger partial charge in [-0.15, -0.1) is 0 Å². The van der Waals surface area contributed by atoms with E-state index in [0.717, 1.165) is 31.6 Å². The van der Waals surface area contributed by atoms with Gasteiger partial charge in [-0.25, -0.2) is 4.79 Å². The summed E-state index contributed by atoms with van der Waals surface area (Å²) < 4.78 is 0. The molecule has 1 aromatic carbocycles. The molecule has 2 rings (SSSR count). The smallest absolute Gasteiger partial charge is 0.319 e. The Balaban J connectivity index is 1.97. The first kappa shape index (κ1) is 15.3. The van der Waals surface area contributed by atoms with E-state index >= 15 is 0 Å². The van der Waals surface area contributed by atoms with Crippen LogP contribution in [0.4, 0.5) is 16.2 Å². The number of carbonyl (C=O) groups excluding carboxylic acids is 1. The van der Waals surface area contributed by atoms with E-state index < -0.39 is 4.92 Å². The molecule has 0 spiro atoms. The van der Waals surface area contributed by atoms with Crippen molar-refractivity contribution in [3.63, 3.8) is 0 Å². The molecular weight excluding hydrogens is 270 g/mol. The molecule has 6 heteroatoms. The predicted octanol–water partition coefficient (Wildman–Crippen LogP) is 3.60. The Morgan fingerprint density at radius 3 is 2.57 bits per heavy atom. The highest BCUT2D eigenvalue weighted by Crippen LogP contribution is 2.26. The van der Waals surface area contributed by atoms with Crippen molar-refractivity contribution in [3.05, 3.63) is 33.9 Å². The van der Waals surface area contributed by atoms with Crippen LogP contribution in [0, 0.1) is 23.0 Å². The number of urea groups is 1. The molecule has 0 aromatic heterocycles. The number of hydrogen-bond acceptors (Lipinski definition) is 3. The van der Waals surface area contributed by atoms with Gasteiger partial charge in [0.1, 0.15) is 0 Å². The number of nitrogens with one attached hydrogen (secondary N) is 2. The van der Waals surface area contributed by atoms with Gasteiger partial charge in [0.25, 0.3) is 5.69 Å². The summed E-state index contributed by atoms with van der Waals surface area (Å²) in [4.78, 5) is 22.4. The highest BCUT2D eigenvalue weighted by atomic mass is 16.6. The van der Waals surface area contributed by atoms with Crippen LogP contribution < -0.4 is 10.6 Å². The minimum Gasteiger partial charge on any atom is -0.335 e. The van der Waals surface area contributed by atoms with E-state index in [-0.39, 0.29) is 17.8 Å². The predicted molar refractivity (Wildman–Crippen MR) is 81.4 cm³/mol. The molecule has 0 atom stereocenters. The van der Waals surface area contributed by atoms with Crippen LogP contribution in [0.1, 0.15) is 38.2 Å². The minimum absolute atomic E-state index is 0.0132. The number of nitro benzene ring substituents is 1. The van der Waals surface area contributed by atoms with Crippen molar-refractivity contribution in [1.29, 1.82) is 0 Å². The van der Waals surface area contributed by atoms with Crippen molar-refractivity contribution < 1.29 is 9.72 Å². The summed E-state index contributed by atoms with van der Waals surface area (Å²) in [5, 5.41) is 16.5. The van der Waals surface area contributed by atoms with Gasteiger partial charge in [0, 0.05) is 12.1 Å². The molecule has 1 aromatic rings. The van der Waals surface area contributed by atoms with Gasteiger partial charge in [-0.3, -0.25) is 10.1 Å². The molecule has 0 radical (unpaired) electrons. The van der Waals surface area contributed by atoms with Gasteiger partial charge in [-0.2, -0.15) is 0 Å². The van der Waals surface area contributed by atoms with Crippen molar-refractivity contribution in [2.75, 3.05) is 5.32 Å². The topological polar surface area (TPSA) is 84.3 Å². The van der Waals surface area contributed by atoms with Gasteiger partial charge in [-0.05, 0) is 44.6 Å². The Labute approximate surface area is 124 Å². The van der Waals surface area contributed by atoms with Crippen molar-refractivity contribution in [2.45, 2.75) is 45.6 Å². The molecule has 1 aliphatic rings. The number of amides is 2. The van der Waals surface area contributed by atoms with E-state index in [1.54, 1.807) is 19.1 Å². The fourth-order valence-corrected chi connectivity index (χ4v) is 2.70. The molecule has 0 bridgehead atoms. The number of rotatable bonds is 3. The molecule has 0 heterocycles. The van der Waals surface area contributed by atoms with Crippen molar-refractivity contribution in [3.8, 4) is 0 Å². The van der Waals surface area contributed by atoms with Crippen LogP contribution in [-0.2, 0) is 0 Å². The van der Waals surface area contributed by atoms with E-state index in [4.69, 9.17) is 0 Å². The average molecular weight is 291 g/mol. The highest BCUT2D eigenvalue weighted by molar-refractivity contribution is 5.90. The summed E-state index contributed by atoms with van der Waals surface area (Å²) in [7, 11) is 0.